The van der Waals surface area contributed by atoms with Crippen LogP contribution in [0.1, 0.15) is 36.0 Å². The summed E-state index contributed by atoms with van der Waals surface area (Å²) in [7, 11) is 0. The summed E-state index contributed by atoms with van der Waals surface area (Å²) in [6.07, 6.45) is 5.58. The van der Waals surface area contributed by atoms with Crippen LogP contribution < -0.4 is 0 Å². The predicted molar refractivity (Wildman–Crippen MR) is 112 cm³/mol. The highest BCUT2D eigenvalue weighted by Crippen LogP contribution is 2.21. The van der Waals surface area contributed by atoms with Crippen molar-refractivity contribution in [1.29, 1.82) is 0 Å². The number of piperidine rings is 1. The van der Waals surface area contributed by atoms with Crippen LogP contribution in [-0.2, 0) is 16.0 Å². The quantitative estimate of drug-likeness (QED) is 0.791. The molecule has 1 amide bonds. The molecule has 0 atom stereocenters. The maximum atomic E-state index is 12.5. The third kappa shape index (κ3) is 4.69. The lowest BCUT2D eigenvalue weighted by Gasteiger charge is -2.28. The van der Waals surface area contributed by atoms with Gasteiger partial charge in [-0.2, -0.15) is 0 Å². The minimum absolute atomic E-state index is 0.268. The number of hydrogen-bond acceptors (Lipinski definition) is 3. The Hall–Kier alpha value is -2.88. The molecule has 1 fully saturated rings. The van der Waals surface area contributed by atoms with Crippen LogP contribution in [0.2, 0.25) is 0 Å². The molecule has 4 rings (SSSR count). The SMILES string of the molecule is O=C(CCc1ccccc1)N1CCC(=Cc2ccc(C3=NCCO3)cc2)CC1. The zero-order valence-corrected chi connectivity index (χ0v) is 16.1. The van der Waals surface area contributed by atoms with Gasteiger partial charge in [0.1, 0.15) is 6.61 Å². The third-order valence-corrected chi connectivity index (χ3v) is 5.34. The molecule has 2 aromatic carbocycles. The van der Waals surface area contributed by atoms with Crippen LogP contribution >= 0.6 is 0 Å². The number of likely N-dealkylation sites (tertiary alicyclic amines) is 1. The number of carbonyl (C=O) groups excluding carboxylic acids is 1. The summed E-state index contributed by atoms with van der Waals surface area (Å²) in [5.41, 5.74) is 4.87. The standard InChI is InChI=1S/C24H26N2O2/c27-23(11-8-19-4-2-1-3-5-19)26-15-12-21(13-16-26)18-20-6-9-22(10-7-20)24-25-14-17-28-24/h1-7,9-10,18H,8,11-17H2. The van der Waals surface area contributed by atoms with Gasteiger partial charge in [0.25, 0.3) is 0 Å². The van der Waals surface area contributed by atoms with Gasteiger partial charge in [0, 0.05) is 25.1 Å². The minimum atomic E-state index is 0.268. The van der Waals surface area contributed by atoms with E-state index in [0.29, 0.717) is 13.0 Å². The Kier molecular flexibility index (Phi) is 5.86. The van der Waals surface area contributed by atoms with Gasteiger partial charge in [-0.25, -0.2) is 4.99 Å². The Labute approximate surface area is 166 Å². The summed E-state index contributed by atoms with van der Waals surface area (Å²) in [5.74, 6) is 1.02. The van der Waals surface area contributed by atoms with Crippen LogP contribution in [0.5, 0.6) is 0 Å². The monoisotopic (exact) mass is 374 g/mol. The molecule has 2 aliphatic heterocycles. The van der Waals surface area contributed by atoms with Gasteiger partial charge >= 0.3 is 0 Å². The van der Waals surface area contributed by atoms with Crippen molar-refractivity contribution in [3.63, 3.8) is 0 Å². The molecule has 0 aromatic heterocycles. The summed E-state index contributed by atoms with van der Waals surface area (Å²) >= 11 is 0. The molecular weight excluding hydrogens is 348 g/mol. The van der Waals surface area contributed by atoms with E-state index in [-0.39, 0.29) is 5.91 Å². The van der Waals surface area contributed by atoms with E-state index < -0.39 is 0 Å². The predicted octanol–water partition coefficient (Wildman–Crippen LogP) is 4.10. The maximum Gasteiger partial charge on any atom is 0.222 e. The molecule has 2 heterocycles. The van der Waals surface area contributed by atoms with E-state index in [1.807, 2.05) is 23.1 Å². The zero-order chi connectivity index (χ0) is 19.2. The fourth-order valence-corrected chi connectivity index (χ4v) is 3.71. The molecule has 2 aliphatic rings. The Morgan fingerprint density at radius 3 is 2.46 bits per heavy atom. The van der Waals surface area contributed by atoms with Gasteiger partial charge in [0.05, 0.1) is 6.54 Å². The molecule has 144 valence electrons. The Morgan fingerprint density at radius 1 is 1.04 bits per heavy atom. The van der Waals surface area contributed by atoms with Gasteiger partial charge < -0.3 is 9.64 Å². The lowest BCUT2D eigenvalue weighted by molar-refractivity contribution is -0.131. The number of amides is 1. The highest BCUT2D eigenvalue weighted by atomic mass is 16.5. The van der Waals surface area contributed by atoms with Crippen molar-refractivity contribution in [3.8, 4) is 0 Å². The summed E-state index contributed by atoms with van der Waals surface area (Å²) in [4.78, 5) is 18.8. The number of ether oxygens (including phenoxy) is 1. The van der Waals surface area contributed by atoms with Crippen LogP contribution in [0.25, 0.3) is 6.08 Å². The first-order valence-corrected chi connectivity index (χ1v) is 10.1. The van der Waals surface area contributed by atoms with E-state index in [1.54, 1.807) is 0 Å². The molecule has 4 nitrogen and oxygen atoms in total. The molecule has 0 bridgehead atoms. The van der Waals surface area contributed by atoms with Crippen molar-refractivity contribution in [2.24, 2.45) is 4.99 Å². The van der Waals surface area contributed by atoms with Gasteiger partial charge in [0.15, 0.2) is 0 Å². The normalized spacial score (nSPS) is 16.5. The first-order chi connectivity index (χ1) is 13.8. The fraction of sp³-hybridized carbons (Fsp3) is 0.333. The second kappa shape index (κ2) is 8.87. The molecule has 0 spiro atoms. The number of carbonyl (C=O) groups is 1. The summed E-state index contributed by atoms with van der Waals surface area (Å²) in [6, 6.07) is 18.6. The van der Waals surface area contributed by atoms with Crippen molar-refractivity contribution in [3.05, 3.63) is 76.9 Å². The van der Waals surface area contributed by atoms with E-state index in [2.05, 4.69) is 47.5 Å². The fourth-order valence-electron chi connectivity index (χ4n) is 3.71. The Balaban J connectivity index is 1.28. The van der Waals surface area contributed by atoms with Crippen molar-refractivity contribution in [2.75, 3.05) is 26.2 Å². The van der Waals surface area contributed by atoms with E-state index in [9.17, 15) is 4.79 Å². The first-order valence-electron chi connectivity index (χ1n) is 10.1. The Morgan fingerprint density at radius 2 is 1.79 bits per heavy atom. The second-order valence-corrected chi connectivity index (χ2v) is 7.33. The number of hydrogen-bond donors (Lipinski definition) is 0. The van der Waals surface area contributed by atoms with Gasteiger partial charge in [-0.15, -0.1) is 0 Å². The Bertz CT molecular complexity index is 859. The van der Waals surface area contributed by atoms with Crippen molar-refractivity contribution in [1.82, 2.24) is 4.90 Å². The highest BCUT2D eigenvalue weighted by molar-refractivity contribution is 5.95. The summed E-state index contributed by atoms with van der Waals surface area (Å²) in [5, 5.41) is 0. The average molecular weight is 374 g/mol. The molecular formula is C24H26N2O2. The number of benzene rings is 2. The molecule has 0 saturated carbocycles. The van der Waals surface area contributed by atoms with Crippen LogP contribution in [0, 0.1) is 0 Å². The second-order valence-electron chi connectivity index (χ2n) is 7.33. The first kappa shape index (κ1) is 18.5. The number of aryl methyl sites for hydroxylation is 1. The van der Waals surface area contributed by atoms with Gasteiger partial charge in [-0.05, 0) is 42.5 Å². The number of nitrogens with zero attached hydrogens (tertiary/aromatic N) is 2. The molecule has 1 saturated heterocycles. The lowest BCUT2D eigenvalue weighted by Crippen LogP contribution is -2.36. The maximum absolute atomic E-state index is 12.5. The molecule has 0 aliphatic carbocycles. The van der Waals surface area contributed by atoms with E-state index >= 15 is 0 Å². The topological polar surface area (TPSA) is 41.9 Å². The van der Waals surface area contributed by atoms with Crippen molar-refractivity contribution >= 4 is 17.9 Å². The highest BCUT2D eigenvalue weighted by Gasteiger charge is 2.18. The molecule has 0 N–H and O–H groups in total. The molecule has 2 aromatic rings. The summed E-state index contributed by atoms with van der Waals surface area (Å²) in [6.45, 7) is 3.08. The largest absolute Gasteiger partial charge is 0.476 e. The van der Waals surface area contributed by atoms with Crippen LogP contribution in [0.4, 0.5) is 0 Å². The lowest BCUT2D eigenvalue weighted by atomic mass is 9.99. The molecule has 0 unspecified atom stereocenters. The molecule has 28 heavy (non-hydrogen) atoms. The van der Waals surface area contributed by atoms with Gasteiger partial charge in [-0.3, -0.25) is 4.79 Å². The van der Waals surface area contributed by atoms with Gasteiger partial charge in [0.2, 0.25) is 11.8 Å². The van der Waals surface area contributed by atoms with Crippen molar-refractivity contribution < 1.29 is 9.53 Å². The van der Waals surface area contributed by atoms with Crippen LogP contribution in [-0.4, -0.2) is 42.9 Å². The van der Waals surface area contributed by atoms with E-state index in [4.69, 9.17) is 4.74 Å². The van der Waals surface area contributed by atoms with Crippen molar-refractivity contribution in [2.45, 2.75) is 25.7 Å². The minimum Gasteiger partial charge on any atom is -0.476 e. The smallest absolute Gasteiger partial charge is 0.222 e. The number of rotatable bonds is 5. The van der Waals surface area contributed by atoms with Gasteiger partial charge in [-0.1, -0.05) is 54.1 Å². The zero-order valence-electron chi connectivity index (χ0n) is 16.1. The molecule has 0 radical (unpaired) electrons. The third-order valence-electron chi connectivity index (χ3n) is 5.34. The number of aliphatic imine (C=N–C) groups is 1. The van der Waals surface area contributed by atoms with Crippen LogP contribution in [0.3, 0.4) is 0 Å². The average Bonchev–Trinajstić information content (AvgIpc) is 3.29. The van der Waals surface area contributed by atoms with Crippen LogP contribution in [0.15, 0.2) is 65.2 Å². The summed E-state index contributed by atoms with van der Waals surface area (Å²) < 4.78 is 5.51. The van der Waals surface area contributed by atoms with E-state index in [1.165, 1.54) is 16.7 Å². The van der Waals surface area contributed by atoms with E-state index in [0.717, 1.165) is 50.4 Å². The molecule has 4 heteroatoms.